The van der Waals surface area contributed by atoms with Crippen molar-refractivity contribution in [3.8, 4) is 0 Å². The van der Waals surface area contributed by atoms with Crippen LogP contribution in [0.5, 0.6) is 0 Å². The highest BCUT2D eigenvalue weighted by molar-refractivity contribution is 9.10. The number of carbonyl (C=O) groups excluding carboxylic acids is 1. The number of nitrogens with zero attached hydrogens (tertiary/aromatic N) is 1. The van der Waals surface area contributed by atoms with Gasteiger partial charge in [-0.3, -0.25) is 4.79 Å². The van der Waals surface area contributed by atoms with Crippen LogP contribution in [0.15, 0.2) is 45.8 Å². The Morgan fingerprint density at radius 3 is 2.58 bits per heavy atom. The van der Waals surface area contributed by atoms with E-state index < -0.39 is 27.9 Å². The van der Waals surface area contributed by atoms with Crippen molar-refractivity contribution in [3.05, 3.63) is 57.3 Å². The molecule has 26 heavy (non-hydrogen) atoms. The highest BCUT2D eigenvalue weighted by atomic mass is 79.9. The first-order valence-electron chi connectivity index (χ1n) is 7.42. The third kappa shape index (κ3) is 3.77. The number of carbonyl (C=O) groups is 1. The number of anilines is 1. The van der Waals surface area contributed by atoms with E-state index in [-0.39, 0.29) is 33.0 Å². The van der Waals surface area contributed by atoms with Gasteiger partial charge in [-0.15, -0.1) is 0 Å². The second-order valence-electron chi connectivity index (χ2n) is 5.70. The molecule has 2 N–H and O–H groups in total. The summed E-state index contributed by atoms with van der Waals surface area (Å²) in [6.45, 7) is -0.0304. The number of halogens is 3. The molecule has 0 spiro atoms. The van der Waals surface area contributed by atoms with E-state index in [0.717, 1.165) is 4.31 Å². The van der Waals surface area contributed by atoms with Crippen LogP contribution in [-0.2, 0) is 10.0 Å². The van der Waals surface area contributed by atoms with Crippen LogP contribution >= 0.6 is 27.5 Å². The molecule has 0 atom stereocenters. The summed E-state index contributed by atoms with van der Waals surface area (Å²) in [6, 6.07) is 7.85. The predicted octanol–water partition coefficient (Wildman–Crippen LogP) is 2.86. The van der Waals surface area contributed by atoms with Crippen molar-refractivity contribution in [3.63, 3.8) is 0 Å². The van der Waals surface area contributed by atoms with Gasteiger partial charge in [0.2, 0.25) is 10.0 Å². The molecule has 3 rings (SSSR count). The molecule has 0 aliphatic carbocycles. The number of hydrogen-bond acceptors (Lipinski definition) is 4. The minimum absolute atomic E-state index is 0.0152. The average molecular weight is 464 g/mol. The molecule has 1 amide bonds. The van der Waals surface area contributed by atoms with Crippen LogP contribution in [0.25, 0.3) is 0 Å². The van der Waals surface area contributed by atoms with E-state index in [9.17, 15) is 22.7 Å². The van der Waals surface area contributed by atoms with Crippen molar-refractivity contribution in [2.75, 3.05) is 18.4 Å². The standard InChI is InChI=1S/C16H13BrClFN2O4S/c17-12-6-10(2-4-14(12)19)20-16(23)9-1-3-13(18)15(5-9)26(24,25)21-7-11(22)8-21/h1-6,11,22H,7-8H2,(H,20,23). The van der Waals surface area contributed by atoms with Gasteiger partial charge in [0.05, 0.1) is 15.6 Å². The third-order valence-electron chi connectivity index (χ3n) is 3.82. The lowest BCUT2D eigenvalue weighted by Crippen LogP contribution is -2.53. The van der Waals surface area contributed by atoms with Crippen molar-refractivity contribution in [1.29, 1.82) is 0 Å². The van der Waals surface area contributed by atoms with Gasteiger partial charge in [-0.05, 0) is 52.3 Å². The smallest absolute Gasteiger partial charge is 0.255 e. The highest BCUT2D eigenvalue weighted by Crippen LogP contribution is 2.29. The predicted molar refractivity (Wildman–Crippen MR) is 98.3 cm³/mol. The topological polar surface area (TPSA) is 86.7 Å². The molecular weight excluding hydrogens is 451 g/mol. The fourth-order valence-electron chi connectivity index (χ4n) is 2.37. The number of amides is 1. The van der Waals surface area contributed by atoms with E-state index in [2.05, 4.69) is 21.2 Å². The molecule has 1 aliphatic rings. The molecule has 138 valence electrons. The minimum Gasteiger partial charge on any atom is -0.390 e. The fourth-order valence-corrected chi connectivity index (χ4v) is 4.77. The van der Waals surface area contributed by atoms with E-state index in [0.29, 0.717) is 5.69 Å². The normalized spacial score (nSPS) is 15.5. The number of benzene rings is 2. The Morgan fingerprint density at radius 2 is 1.96 bits per heavy atom. The first-order valence-corrected chi connectivity index (χ1v) is 10.0. The zero-order valence-electron chi connectivity index (χ0n) is 13.1. The zero-order chi connectivity index (χ0) is 19.1. The number of hydrogen-bond donors (Lipinski definition) is 2. The van der Waals surface area contributed by atoms with Crippen molar-refractivity contribution >= 4 is 49.1 Å². The maximum Gasteiger partial charge on any atom is 0.255 e. The summed E-state index contributed by atoms with van der Waals surface area (Å²) in [5.41, 5.74) is 0.419. The van der Waals surface area contributed by atoms with Crippen LogP contribution in [0.4, 0.5) is 10.1 Å². The molecule has 1 saturated heterocycles. The van der Waals surface area contributed by atoms with Crippen LogP contribution in [-0.4, -0.2) is 42.9 Å². The maximum absolute atomic E-state index is 13.3. The lowest BCUT2D eigenvalue weighted by Gasteiger charge is -2.34. The third-order valence-corrected chi connectivity index (χ3v) is 6.74. The van der Waals surface area contributed by atoms with E-state index in [4.69, 9.17) is 11.6 Å². The van der Waals surface area contributed by atoms with Crippen molar-refractivity contribution < 1.29 is 22.7 Å². The van der Waals surface area contributed by atoms with Gasteiger partial charge in [-0.1, -0.05) is 11.6 Å². The largest absolute Gasteiger partial charge is 0.390 e. The molecule has 0 saturated carbocycles. The average Bonchev–Trinajstić information content (AvgIpc) is 2.55. The van der Waals surface area contributed by atoms with Gasteiger partial charge < -0.3 is 10.4 Å². The van der Waals surface area contributed by atoms with E-state index in [1.165, 1.54) is 36.4 Å². The molecule has 0 unspecified atom stereocenters. The second kappa shape index (κ2) is 7.24. The quantitative estimate of drug-likeness (QED) is 0.730. The SMILES string of the molecule is O=C(Nc1ccc(F)c(Br)c1)c1ccc(Cl)c(S(=O)(=O)N2CC(O)C2)c1. The number of aliphatic hydroxyl groups excluding tert-OH is 1. The molecule has 2 aromatic carbocycles. The van der Waals surface area contributed by atoms with Crippen molar-refractivity contribution in [2.45, 2.75) is 11.0 Å². The molecule has 10 heteroatoms. The van der Waals surface area contributed by atoms with Gasteiger partial charge in [-0.2, -0.15) is 4.31 Å². The Kier molecular flexibility index (Phi) is 5.36. The van der Waals surface area contributed by atoms with Gasteiger partial charge in [0, 0.05) is 24.3 Å². The van der Waals surface area contributed by atoms with Crippen LogP contribution < -0.4 is 5.32 Å². The Balaban J connectivity index is 1.87. The second-order valence-corrected chi connectivity index (χ2v) is 8.87. The Hall–Kier alpha value is -1.52. The molecule has 0 radical (unpaired) electrons. The Morgan fingerprint density at radius 1 is 1.27 bits per heavy atom. The van der Waals surface area contributed by atoms with E-state index in [1.54, 1.807) is 0 Å². The van der Waals surface area contributed by atoms with Crippen molar-refractivity contribution in [2.24, 2.45) is 0 Å². The zero-order valence-corrected chi connectivity index (χ0v) is 16.3. The monoisotopic (exact) mass is 462 g/mol. The number of sulfonamides is 1. The van der Waals surface area contributed by atoms with Gasteiger partial charge in [0.15, 0.2) is 0 Å². The van der Waals surface area contributed by atoms with Gasteiger partial charge in [0.1, 0.15) is 10.7 Å². The molecule has 2 aromatic rings. The van der Waals surface area contributed by atoms with Crippen LogP contribution in [0.2, 0.25) is 5.02 Å². The minimum atomic E-state index is -3.90. The molecule has 0 bridgehead atoms. The van der Waals surface area contributed by atoms with Gasteiger partial charge in [-0.25, -0.2) is 12.8 Å². The van der Waals surface area contributed by atoms with E-state index in [1.807, 2.05) is 0 Å². The number of β-amino-alcohol motifs (C(OH)–C–C–N with tert-alkyl or cyclic N) is 1. The molecule has 1 heterocycles. The number of rotatable bonds is 4. The molecule has 1 fully saturated rings. The lowest BCUT2D eigenvalue weighted by molar-refractivity contribution is 0.0548. The number of nitrogens with one attached hydrogen (secondary N) is 1. The Bertz CT molecular complexity index is 980. The fraction of sp³-hybridized carbons (Fsp3) is 0.188. The molecular formula is C16H13BrClFN2O4S. The summed E-state index contributed by atoms with van der Waals surface area (Å²) in [5.74, 6) is -1.04. The summed E-state index contributed by atoms with van der Waals surface area (Å²) >= 11 is 9.02. The first-order chi connectivity index (χ1) is 12.2. The van der Waals surface area contributed by atoms with Crippen LogP contribution in [0.3, 0.4) is 0 Å². The lowest BCUT2D eigenvalue weighted by atomic mass is 10.2. The maximum atomic E-state index is 13.3. The Labute approximate surface area is 162 Å². The van der Waals surface area contributed by atoms with Gasteiger partial charge >= 0.3 is 0 Å². The summed E-state index contributed by atoms with van der Waals surface area (Å²) in [5, 5.41) is 11.9. The summed E-state index contributed by atoms with van der Waals surface area (Å²) in [7, 11) is -3.90. The van der Waals surface area contributed by atoms with Crippen LogP contribution in [0.1, 0.15) is 10.4 Å². The first kappa shape index (κ1) is 19.2. The van der Waals surface area contributed by atoms with E-state index >= 15 is 0 Å². The molecule has 0 aromatic heterocycles. The molecule has 6 nitrogen and oxygen atoms in total. The van der Waals surface area contributed by atoms with Gasteiger partial charge in [0.25, 0.3) is 5.91 Å². The summed E-state index contributed by atoms with van der Waals surface area (Å²) in [4.78, 5) is 12.2. The number of aliphatic hydroxyl groups is 1. The van der Waals surface area contributed by atoms with Crippen LogP contribution in [0, 0.1) is 5.82 Å². The highest BCUT2D eigenvalue weighted by Gasteiger charge is 2.37. The summed E-state index contributed by atoms with van der Waals surface area (Å²) in [6.07, 6.45) is -0.702. The summed E-state index contributed by atoms with van der Waals surface area (Å²) < 4.78 is 39.6. The van der Waals surface area contributed by atoms with Crippen molar-refractivity contribution in [1.82, 2.24) is 4.31 Å². The molecule has 1 aliphatic heterocycles.